The lowest BCUT2D eigenvalue weighted by atomic mass is 9.92. The van der Waals surface area contributed by atoms with E-state index in [0.29, 0.717) is 44.2 Å². The van der Waals surface area contributed by atoms with E-state index in [1.54, 1.807) is 29.0 Å². The summed E-state index contributed by atoms with van der Waals surface area (Å²) in [7, 11) is 5.51. The van der Waals surface area contributed by atoms with Crippen molar-refractivity contribution in [3.63, 3.8) is 0 Å². The van der Waals surface area contributed by atoms with Gasteiger partial charge in [0.2, 0.25) is 5.91 Å². The number of para-hydroxylation sites is 1. The number of carbonyl (C=O) groups is 3. The highest BCUT2D eigenvalue weighted by atomic mass is 16.5. The summed E-state index contributed by atoms with van der Waals surface area (Å²) < 4.78 is 10.8. The first kappa shape index (κ1) is 29.7. The van der Waals surface area contributed by atoms with E-state index >= 15 is 0 Å². The van der Waals surface area contributed by atoms with Gasteiger partial charge in [-0.1, -0.05) is 31.2 Å². The number of piperazine rings is 1. The molecule has 2 aromatic carbocycles. The van der Waals surface area contributed by atoms with Gasteiger partial charge in [0.1, 0.15) is 11.8 Å². The number of H-pyrrole nitrogens is 1. The number of urea groups is 1. The molecule has 226 valence electrons. The van der Waals surface area contributed by atoms with Crippen LogP contribution in [0.2, 0.25) is 0 Å². The Morgan fingerprint density at radius 1 is 1.02 bits per heavy atom. The third-order valence-electron chi connectivity index (χ3n) is 7.78. The molecular formula is C32H38N6O5. The fraction of sp³-hybridized carbons (Fsp3) is 0.344. The SMILES string of the molecule is COc1ccc(CN(C)C)cc1NC(=O)[C@H](NC(=O)N1CCN(C(=O)c2ccco2)CC1)[C@@H](C)c1c[nH]c2ccccc12. The van der Waals surface area contributed by atoms with Crippen LogP contribution in [-0.2, 0) is 11.3 Å². The van der Waals surface area contributed by atoms with E-state index < -0.39 is 6.04 Å². The van der Waals surface area contributed by atoms with Crippen LogP contribution in [0.5, 0.6) is 5.75 Å². The first-order valence-electron chi connectivity index (χ1n) is 14.3. The predicted octanol–water partition coefficient (Wildman–Crippen LogP) is 4.11. The Morgan fingerprint density at radius 2 is 1.77 bits per heavy atom. The maximum absolute atomic E-state index is 14.0. The van der Waals surface area contributed by atoms with Crippen molar-refractivity contribution in [1.29, 1.82) is 0 Å². The van der Waals surface area contributed by atoms with Crippen molar-refractivity contribution in [3.8, 4) is 5.75 Å². The first-order chi connectivity index (χ1) is 20.7. The third-order valence-corrected chi connectivity index (χ3v) is 7.78. The average molecular weight is 587 g/mol. The minimum Gasteiger partial charge on any atom is -0.495 e. The second-order valence-electron chi connectivity index (χ2n) is 11.0. The molecule has 1 fully saturated rings. The number of rotatable bonds is 9. The molecule has 0 saturated carbocycles. The number of nitrogens with zero attached hydrogens (tertiary/aromatic N) is 3. The zero-order chi connectivity index (χ0) is 30.5. The third kappa shape index (κ3) is 6.67. The highest BCUT2D eigenvalue weighted by molar-refractivity contribution is 5.99. The lowest BCUT2D eigenvalue weighted by Crippen LogP contribution is -2.57. The monoisotopic (exact) mass is 586 g/mol. The summed E-state index contributed by atoms with van der Waals surface area (Å²) in [5.41, 5.74) is 3.40. The van der Waals surface area contributed by atoms with Crippen molar-refractivity contribution >= 4 is 34.4 Å². The molecule has 0 spiro atoms. The molecule has 43 heavy (non-hydrogen) atoms. The molecule has 4 amide bonds. The van der Waals surface area contributed by atoms with E-state index in [0.717, 1.165) is 22.0 Å². The van der Waals surface area contributed by atoms with Gasteiger partial charge in [-0.05, 0) is 55.6 Å². The van der Waals surface area contributed by atoms with Crippen molar-refractivity contribution in [2.45, 2.75) is 25.4 Å². The van der Waals surface area contributed by atoms with E-state index in [2.05, 4.69) is 15.6 Å². The molecule has 0 aliphatic carbocycles. The van der Waals surface area contributed by atoms with Gasteiger partial charge in [0, 0.05) is 55.7 Å². The number of aromatic nitrogens is 1. The number of amides is 4. The van der Waals surface area contributed by atoms with Gasteiger partial charge >= 0.3 is 6.03 Å². The van der Waals surface area contributed by atoms with Gasteiger partial charge < -0.3 is 39.5 Å². The second-order valence-corrected chi connectivity index (χ2v) is 11.0. The summed E-state index contributed by atoms with van der Waals surface area (Å²) in [5.74, 6) is -0.151. The smallest absolute Gasteiger partial charge is 0.318 e. The van der Waals surface area contributed by atoms with E-state index in [9.17, 15) is 14.4 Å². The Balaban J connectivity index is 1.36. The van der Waals surface area contributed by atoms with Crippen LogP contribution in [0, 0.1) is 0 Å². The van der Waals surface area contributed by atoms with Crippen LogP contribution < -0.4 is 15.4 Å². The molecule has 0 radical (unpaired) electrons. The number of benzene rings is 2. The number of fused-ring (bicyclic) bond motifs is 1. The molecule has 3 N–H and O–H groups in total. The zero-order valence-electron chi connectivity index (χ0n) is 24.9. The second kappa shape index (κ2) is 13.0. The Labute approximate surface area is 250 Å². The van der Waals surface area contributed by atoms with Crippen LogP contribution in [0.4, 0.5) is 10.5 Å². The van der Waals surface area contributed by atoms with E-state index in [-0.39, 0.29) is 29.5 Å². The molecule has 5 rings (SSSR count). The summed E-state index contributed by atoms with van der Waals surface area (Å²) in [5, 5.41) is 7.01. The lowest BCUT2D eigenvalue weighted by Gasteiger charge is -2.35. The first-order valence-corrected chi connectivity index (χ1v) is 14.3. The topological polar surface area (TPSA) is 123 Å². The molecule has 3 heterocycles. The molecule has 11 heteroatoms. The van der Waals surface area contributed by atoms with Gasteiger partial charge in [-0.2, -0.15) is 0 Å². The van der Waals surface area contributed by atoms with Crippen LogP contribution in [0.1, 0.15) is 34.5 Å². The molecule has 2 atom stereocenters. The minimum absolute atomic E-state index is 0.208. The zero-order valence-corrected chi connectivity index (χ0v) is 24.9. The fourth-order valence-corrected chi connectivity index (χ4v) is 5.49. The number of carbonyl (C=O) groups excluding carboxylic acids is 3. The summed E-state index contributed by atoms with van der Waals surface area (Å²) in [4.78, 5) is 48.9. The van der Waals surface area contributed by atoms with Gasteiger partial charge in [0.05, 0.1) is 19.1 Å². The van der Waals surface area contributed by atoms with Crippen molar-refractivity contribution in [3.05, 3.63) is 83.9 Å². The molecule has 2 aromatic heterocycles. The fourth-order valence-electron chi connectivity index (χ4n) is 5.49. The van der Waals surface area contributed by atoms with Gasteiger partial charge in [0.25, 0.3) is 5.91 Å². The van der Waals surface area contributed by atoms with Crippen LogP contribution in [0.25, 0.3) is 10.9 Å². The number of hydrogen-bond donors (Lipinski definition) is 3. The maximum Gasteiger partial charge on any atom is 0.318 e. The number of aromatic amines is 1. The predicted molar refractivity (Wildman–Crippen MR) is 164 cm³/mol. The normalized spacial score (nSPS) is 14.9. The summed E-state index contributed by atoms with van der Waals surface area (Å²) in [6.45, 7) is 3.99. The van der Waals surface area contributed by atoms with Crippen LogP contribution >= 0.6 is 0 Å². The van der Waals surface area contributed by atoms with Crippen molar-refractivity contribution in [2.24, 2.45) is 0 Å². The molecule has 1 aliphatic heterocycles. The Morgan fingerprint density at radius 3 is 2.47 bits per heavy atom. The van der Waals surface area contributed by atoms with Crippen molar-refractivity contribution < 1.29 is 23.5 Å². The standard InChI is InChI=1S/C32H38N6O5/c1-21(24-19-33-25-9-6-5-8-23(24)25)29(30(39)34-26-18-22(20-36(2)3)11-12-27(26)42-4)35-32(41)38-15-13-37(14-16-38)31(40)28-10-7-17-43-28/h5-12,17-19,21,29,33H,13-16,20H2,1-4H3,(H,34,39)(H,35,41)/t21-,29+/m0/s1. The molecule has 0 bridgehead atoms. The van der Waals surface area contributed by atoms with Crippen LogP contribution in [-0.4, -0.2) is 91.0 Å². The summed E-state index contributed by atoms with van der Waals surface area (Å²) in [6.07, 6.45) is 3.35. The summed E-state index contributed by atoms with van der Waals surface area (Å²) in [6, 6.07) is 15.6. The average Bonchev–Trinajstić information content (AvgIpc) is 3.70. The number of furan rings is 1. The van der Waals surface area contributed by atoms with E-state index in [4.69, 9.17) is 9.15 Å². The van der Waals surface area contributed by atoms with Crippen LogP contribution in [0.15, 0.2) is 71.5 Å². The minimum atomic E-state index is -0.906. The van der Waals surface area contributed by atoms with Gasteiger partial charge in [-0.3, -0.25) is 9.59 Å². The Hall–Kier alpha value is -4.77. The van der Waals surface area contributed by atoms with Crippen molar-refractivity contribution in [2.75, 3.05) is 52.7 Å². The van der Waals surface area contributed by atoms with Crippen LogP contribution in [0.3, 0.4) is 0 Å². The molecule has 4 aromatic rings. The quantitative estimate of drug-likeness (QED) is 0.271. The van der Waals surface area contributed by atoms with Gasteiger partial charge in [0.15, 0.2) is 5.76 Å². The Kier molecular flexibility index (Phi) is 9.01. The highest BCUT2D eigenvalue weighted by Gasteiger charge is 2.33. The molecule has 0 unspecified atom stereocenters. The number of anilines is 1. The maximum atomic E-state index is 14.0. The largest absolute Gasteiger partial charge is 0.495 e. The summed E-state index contributed by atoms with van der Waals surface area (Å²) >= 11 is 0. The van der Waals surface area contributed by atoms with Gasteiger partial charge in [-0.25, -0.2) is 4.79 Å². The number of ether oxygens (including phenoxy) is 1. The molecule has 1 aliphatic rings. The number of methoxy groups -OCH3 is 1. The highest BCUT2D eigenvalue weighted by Crippen LogP contribution is 2.30. The Bertz CT molecular complexity index is 1570. The number of hydrogen-bond acceptors (Lipinski definition) is 6. The van der Waals surface area contributed by atoms with E-state index in [1.165, 1.54) is 6.26 Å². The van der Waals surface area contributed by atoms with Crippen molar-refractivity contribution in [1.82, 2.24) is 25.0 Å². The number of nitrogens with one attached hydrogen (secondary N) is 3. The molecular weight excluding hydrogens is 548 g/mol. The van der Waals surface area contributed by atoms with E-state index in [1.807, 2.05) is 74.6 Å². The van der Waals surface area contributed by atoms with Gasteiger partial charge in [-0.15, -0.1) is 0 Å². The molecule has 11 nitrogen and oxygen atoms in total. The molecule has 1 saturated heterocycles. The lowest BCUT2D eigenvalue weighted by molar-refractivity contribution is -0.118.